The Labute approximate surface area is 138 Å². The first-order valence-electron chi connectivity index (χ1n) is 8.43. The van der Waals surface area contributed by atoms with Crippen LogP contribution >= 0.6 is 0 Å². The first-order chi connectivity index (χ1) is 11.3. The molecule has 0 amide bonds. The third-order valence-electron chi connectivity index (χ3n) is 4.74. The maximum Gasteiger partial charge on any atom is 0.159 e. The number of ketones is 1. The third kappa shape index (κ3) is 4.21. The van der Waals surface area contributed by atoms with Gasteiger partial charge in [0.1, 0.15) is 5.75 Å². The number of hydrogen-bond donors (Lipinski definition) is 0. The zero-order chi connectivity index (χ0) is 16.1. The molecule has 1 aromatic carbocycles. The molecule has 1 unspecified atom stereocenters. The van der Waals surface area contributed by atoms with Crippen molar-refractivity contribution in [2.75, 3.05) is 40.0 Å². The fourth-order valence-electron chi connectivity index (χ4n) is 3.43. The van der Waals surface area contributed by atoms with E-state index in [1.807, 2.05) is 30.3 Å². The number of benzene rings is 1. The number of carbonyl (C=O) groups excluding carboxylic acids is 1. The molecule has 1 heterocycles. The van der Waals surface area contributed by atoms with Crippen molar-refractivity contribution in [1.82, 2.24) is 4.90 Å². The van der Waals surface area contributed by atoms with E-state index in [1.54, 1.807) is 7.11 Å². The smallest absolute Gasteiger partial charge is 0.159 e. The Balaban J connectivity index is 1.62. The molecule has 1 atom stereocenters. The van der Waals surface area contributed by atoms with Gasteiger partial charge in [-0.2, -0.15) is 0 Å². The zero-order valence-corrected chi connectivity index (χ0v) is 13.8. The molecule has 4 heteroatoms. The lowest BCUT2D eigenvalue weighted by Crippen LogP contribution is -2.40. The standard InChI is InChI=1S/C19H25NO3/c1-22-19-5-3-2-4-17(19)13-16-7-6-15(12-18(16)21)14-20-8-10-23-11-9-20/h2-5,13,15H,6-12,14H2,1H3/b16-13-. The van der Waals surface area contributed by atoms with Gasteiger partial charge in [-0.3, -0.25) is 9.69 Å². The molecule has 1 aliphatic heterocycles. The summed E-state index contributed by atoms with van der Waals surface area (Å²) < 4.78 is 10.8. The number of allylic oxidation sites excluding steroid dienone is 1. The van der Waals surface area contributed by atoms with Crippen molar-refractivity contribution in [3.05, 3.63) is 35.4 Å². The van der Waals surface area contributed by atoms with Gasteiger partial charge in [-0.05, 0) is 36.5 Å². The molecule has 0 N–H and O–H groups in total. The summed E-state index contributed by atoms with van der Waals surface area (Å²) in [5.74, 6) is 1.60. The molecule has 1 aromatic rings. The molecule has 124 valence electrons. The van der Waals surface area contributed by atoms with Crippen LogP contribution in [-0.4, -0.2) is 50.6 Å². The van der Waals surface area contributed by atoms with Gasteiger partial charge in [0.05, 0.1) is 20.3 Å². The number of ether oxygens (including phenoxy) is 2. The van der Waals surface area contributed by atoms with Crippen molar-refractivity contribution in [3.63, 3.8) is 0 Å². The molecule has 0 aromatic heterocycles. The first-order valence-corrected chi connectivity index (χ1v) is 8.43. The number of morpholine rings is 1. The SMILES string of the molecule is COc1ccccc1/C=C1/CCC(CN2CCOCC2)CC1=O. The summed E-state index contributed by atoms with van der Waals surface area (Å²) in [5.41, 5.74) is 1.93. The number of Topliss-reactive ketones (excluding diaryl/α,β-unsaturated/α-hetero) is 1. The van der Waals surface area contributed by atoms with Crippen LogP contribution < -0.4 is 4.74 Å². The molecule has 4 nitrogen and oxygen atoms in total. The van der Waals surface area contributed by atoms with E-state index < -0.39 is 0 Å². The average Bonchev–Trinajstić information content (AvgIpc) is 2.59. The van der Waals surface area contributed by atoms with E-state index in [-0.39, 0.29) is 0 Å². The van der Waals surface area contributed by atoms with Crippen LogP contribution in [0, 0.1) is 5.92 Å². The number of rotatable bonds is 4. The second-order valence-corrected chi connectivity index (χ2v) is 6.36. The van der Waals surface area contributed by atoms with Gasteiger partial charge < -0.3 is 9.47 Å². The van der Waals surface area contributed by atoms with Crippen LogP contribution in [0.15, 0.2) is 29.8 Å². The Morgan fingerprint density at radius 1 is 1.30 bits per heavy atom. The minimum atomic E-state index is 0.292. The van der Waals surface area contributed by atoms with Gasteiger partial charge in [0.25, 0.3) is 0 Å². The highest BCUT2D eigenvalue weighted by atomic mass is 16.5. The Hall–Kier alpha value is -1.65. The van der Waals surface area contributed by atoms with E-state index in [2.05, 4.69) is 4.90 Å². The van der Waals surface area contributed by atoms with E-state index >= 15 is 0 Å². The summed E-state index contributed by atoms with van der Waals surface area (Å²) in [6, 6.07) is 7.85. The van der Waals surface area contributed by atoms with E-state index in [0.717, 1.165) is 62.6 Å². The van der Waals surface area contributed by atoms with E-state index in [9.17, 15) is 4.79 Å². The molecule has 0 radical (unpaired) electrons. The van der Waals surface area contributed by atoms with E-state index in [1.165, 1.54) is 0 Å². The predicted molar refractivity (Wildman–Crippen MR) is 90.6 cm³/mol. The van der Waals surface area contributed by atoms with Crippen LogP contribution in [0.5, 0.6) is 5.75 Å². The van der Waals surface area contributed by atoms with Gasteiger partial charge in [0.2, 0.25) is 0 Å². The monoisotopic (exact) mass is 315 g/mol. The van der Waals surface area contributed by atoms with Crippen LogP contribution in [0.3, 0.4) is 0 Å². The van der Waals surface area contributed by atoms with Crippen molar-refractivity contribution in [3.8, 4) is 5.75 Å². The molecule has 2 fully saturated rings. The van der Waals surface area contributed by atoms with Gasteiger partial charge in [-0.1, -0.05) is 18.2 Å². The number of para-hydroxylation sites is 1. The highest BCUT2D eigenvalue weighted by molar-refractivity contribution is 6.00. The molecule has 0 bridgehead atoms. The molecular weight excluding hydrogens is 290 g/mol. The summed E-state index contributed by atoms with van der Waals surface area (Å²) in [6.07, 6.45) is 4.63. The van der Waals surface area contributed by atoms with Crippen molar-refractivity contribution in [2.24, 2.45) is 5.92 Å². The summed E-state index contributed by atoms with van der Waals surface area (Å²) in [6.45, 7) is 4.65. The number of nitrogens with zero attached hydrogens (tertiary/aromatic N) is 1. The molecule has 1 saturated carbocycles. The Morgan fingerprint density at radius 3 is 2.83 bits per heavy atom. The Bertz CT molecular complexity index is 576. The van der Waals surface area contributed by atoms with Crippen LogP contribution in [0.1, 0.15) is 24.8 Å². The molecule has 1 saturated heterocycles. The Kier molecular flexibility index (Phi) is 5.47. The normalized spacial score (nSPS) is 24.8. The fourth-order valence-corrected chi connectivity index (χ4v) is 3.43. The highest BCUT2D eigenvalue weighted by Crippen LogP contribution is 2.30. The lowest BCUT2D eigenvalue weighted by Gasteiger charge is -2.32. The molecule has 0 spiro atoms. The maximum absolute atomic E-state index is 12.5. The first kappa shape index (κ1) is 16.2. The van der Waals surface area contributed by atoms with Gasteiger partial charge in [0.15, 0.2) is 5.78 Å². The van der Waals surface area contributed by atoms with Crippen LogP contribution in [0.2, 0.25) is 0 Å². The lowest BCUT2D eigenvalue weighted by molar-refractivity contribution is -0.117. The molecule has 3 rings (SSSR count). The minimum absolute atomic E-state index is 0.292. The minimum Gasteiger partial charge on any atom is -0.496 e. The van der Waals surface area contributed by atoms with Crippen molar-refractivity contribution in [1.29, 1.82) is 0 Å². The van der Waals surface area contributed by atoms with Crippen molar-refractivity contribution >= 4 is 11.9 Å². The highest BCUT2D eigenvalue weighted by Gasteiger charge is 2.26. The van der Waals surface area contributed by atoms with Gasteiger partial charge in [0, 0.05) is 31.6 Å². The fraction of sp³-hybridized carbons (Fsp3) is 0.526. The summed E-state index contributed by atoms with van der Waals surface area (Å²) >= 11 is 0. The van der Waals surface area contributed by atoms with Crippen LogP contribution in [0.4, 0.5) is 0 Å². The quantitative estimate of drug-likeness (QED) is 0.801. The zero-order valence-electron chi connectivity index (χ0n) is 13.8. The van der Waals surface area contributed by atoms with Crippen molar-refractivity contribution < 1.29 is 14.3 Å². The number of hydrogen-bond acceptors (Lipinski definition) is 4. The van der Waals surface area contributed by atoms with E-state index in [4.69, 9.17) is 9.47 Å². The summed E-state index contributed by atoms with van der Waals surface area (Å²) in [7, 11) is 1.67. The Morgan fingerprint density at radius 2 is 2.09 bits per heavy atom. The predicted octanol–water partition coefficient (Wildman–Crippen LogP) is 2.78. The molecule has 23 heavy (non-hydrogen) atoms. The molecule has 1 aliphatic carbocycles. The lowest BCUT2D eigenvalue weighted by atomic mass is 9.83. The van der Waals surface area contributed by atoms with Gasteiger partial charge in [-0.15, -0.1) is 0 Å². The van der Waals surface area contributed by atoms with Crippen molar-refractivity contribution in [2.45, 2.75) is 19.3 Å². The topological polar surface area (TPSA) is 38.8 Å². The van der Waals surface area contributed by atoms with Crippen LogP contribution in [0.25, 0.3) is 6.08 Å². The summed E-state index contributed by atoms with van der Waals surface area (Å²) in [5, 5.41) is 0. The summed E-state index contributed by atoms with van der Waals surface area (Å²) in [4.78, 5) is 14.9. The van der Waals surface area contributed by atoms with Gasteiger partial charge in [-0.25, -0.2) is 0 Å². The van der Waals surface area contributed by atoms with Crippen LogP contribution in [-0.2, 0) is 9.53 Å². The largest absolute Gasteiger partial charge is 0.496 e. The van der Waals surface area contributed by atoms with Gasteiger partial charge >= 0.3 is 0 Å². The average molecular weight is 315 g/mol. The second-order valence-electron chi connectivity index (χ2n) is 6.36. The molecular formula is C19H25NO3. The third-order valence-corrected chi connectivity index (χ3v) is 4.74. The molecule has 2 aliphatic rings. The van der Waals surface area contributed by atoms with E-state index in [0.29, 0.717) is 18.1 Å². The number of methoxy groups -OCH3 is 1. The maximum atomic E-state index is 12.5. The second kappa shape index (κ2) is 7.75. The number of carbonyl (C=O) groups is 1.